The van der Waals surface area contributed by atoms with E-state index in [9.17, 15) is 4.79 Å². The van der Waals surface area contributed by atoms with Gasteiger partial charge < -0.3 is 15.4 Å². The lowest BCUT2D eigenvalue weighted by Crippen LogP contribution is -2.41. The van der Waals surface area contributed by atoms with Crippen LogP contribution in [-0.2, 0) is 4.74 Å². The number of ether oxygens (including phenoxy) is 1. The number of carbonyl (C=O) groups is 1. The molecule has 0 spiro atoms. The number of likely N-dealkylation sites (tertiary alicyclic amines) is 1. The lowest BCUT2D eigenvalue weighted by molar-refractivity contribution is 0.0927. The number of rotatable bonds is 7. The maximum Gasteiger partial charge on any atom is 0.273 e. The van der Waals surface area contributed by atoms with E-state index in [-0.39, 0.29) is 5.91 Å². The molecule has 8 nitrogen and oxygen atoms in total. The third-order valence-corrected chi connectivity index (χ3v) is 5.01. The van der Waals surface area contributed by atoms with Crippen molar-refractivity contribution in [2.75, 3.05) is 46.4 Å². The molecular formula is C16H28N6O2. The summed E-state index contributed by atoms with van der Waals surface area (Å²) >= 11 is 0. The van der Waals surface area contributed by atoms with Crippen LogP contribution in [0.5, 0.6) is 0 Å². The van der Waals surface area contributed by atoms with Gasteiger partial charge in [0.25, 0.3) is 5.91 Å². The average Bonchev–Trinajstić information content (AvgIpc) is 3.28. The first kappa shape index (κ1) is 17.3. The number of piperidine rings is 1. The average molecular weight is 336 g/mol. The van der Waals surface area contributed by atoms with Gasteiger partial charge in [0.05, 0.1) is 18.8 Å². The first-order valence-electron chi connectivity index (χ1n) is 8.91. The van der Waals surface area contributed by atoms with Crippen LogP contribution in [0.1, 0.15) is 42.2 Å². The van der Waals surface area contributed by atoms with Gasteiger partial charge in [-0.05, 0) is 45.3 Å². The molecule has 1 aromatic heterocycles. The van der Waals surface area contributed by atoms with E-state index < -0.39 is 0 Å². The highest BCUT2D eigenvalue weighted by molar-refractivity contribution is 5.91. The molecule has 2 aliphatic heterocycles. The Kier molecular flexibility index (Phi) is 6.17. The molecule has 0 saturated carbocycles. The van der Waals surface area contributed by atoms with Crippen molar-refractivity contribution < 1.29 is 9.53 Å². The minimum atomic E-state index is -0.131. The summed E-state index contributed by atoms with van der Waals surface area (Å²) in [5.74, 6) is -0.131. The summed E-state index contributed by atoms with van der Waals surface area (Å²) in [6.07, 6.45) is 6.13. The van der Waals surface area contributed by atoms with Crippen molar-refractivity contribution >= 4 is 5.91 Å². The summed E-state index contributed by atoms with van der Waals surface area (Å²) in [6, 6.07) is 0.739. The fourth-order valence-corrected chi connectivity index (χ4v) is 3.56. The molecule has 0 radical (unpaired) electrons. The van der Waals surface area contributed by atoms with E-state index in [1.54, 1.807) is 13.3 Å². The summed E-state index contributed by atoms with van der Waals surface area (Å²) in [7, 11) is 1.72. The van der Waals surface area contributed by atoms with Gasteiger partial charge in [-0.15, -0.1) is 5.10 Å². The van der Waals surface area contributed by atoms with E-state index in [4.69, 9.17) is 4.74 Å². The molecule has 1 amide bonds. The van der Waals surface area contributed by atoms with Gasteiger partial charge >= 0.3 is 0 Å². The molecule has 134 valence electrons. The number of carbonyl (C=O) groups excluding carboxylic acids is 1. The van der Waals surface area contributed by atoms with Crippen molar-refractivity contribution in [1.29, 1.82) is 0 Å². The Labute approximate surface area is 142 Å². The standard InChI is InChI=1S/C16H28N6O2/c1-24-10-9-21-8-2-3-14(21)11-18-16(23)15-12-22(20-19-15)13-4-6-17-7-5-13/h12-14,17H,2-11H2,1H3,(H,18,23). The van der Waals surface area contributed by atoms with Crippen molar-refractivity contribution in [2.24, 2.45) is 0 Å². The SMILES string of the molecule is COCCN1CCCC1CNC(=O)c1cn(C2CCNCC2)nn1. The first-order chi connectivity index (χ1) is 11.8. The van der Waals surface area contributed by atoms with E-state index in [0.29, 0.717) is 24.3 Å². The van der Waals surface area contributed by atoms with Crippen molar-refractivity contribution in [2.45, 2.75) is 37.8 Å². The second kappa shape index (κ2) is 8.55. The van der Waals surface area contributed by atoms with Crippen LogP contribution in [0, 0.1) is 0 Å². The van der Waals surface area contributed by atoms with Crippen molar-refractivity contribution in [3.05, 3.63) is 11.9 Å². The van der Waals surface area contributed by atoms with Crippen LogP contribution >= 0.6 is 0 Å². The topological polar surface area (TPSA) is 84.3 Å². The molecule has 1 unspecified atom stereocenters. The largest absolute Gasteiger partial charge is 0.383 e. The van der Waals surface area contributed by atoms with Gasteiger partial charge in [0.1, 0.15) is 0 Å². The van der Waals surface area contributed by atoms with Gasteiger partial charge in [-0.25, -0.2) is 4.68 Å². The molecule has 1 aromatic rings. The number of aromatic nitrogens is 3. The Morgan fingerprint density at radius 1 is 1.42 bits per heavy atom. The van der Waals surface area contributed by atoms with E-state index >= 15 is 0 Å². The molecule has 0 aromatic carbocycles. The quantitative estimate of drug-likeness (QED) is 0.732. The zero-order chi connectivity index (χ0) is 16.8. The summed E-state index contributed by atoms with van der Waals surface area (Å²) in [4.78, 5) is 14.7. The molecule has 2 aliphatic rings. The first-order valence-corrected chi connectivity index (χ1v) is 8.91. The van der Waals surface area contributed by atoms with Crippen LogP contribution in [0.3, 0.4) is 0 Å². The molecule has 24 heavy (non-hydrogen) atoms. The summed E-state index contributed by atoms with van der Waals surface area (Å²) in [5.41, 5.74) is 0.412. The number of amides is 1. The van der Waals surface area contributed by atoms with E-state index in [0.717, 1.165) is 52.0 Å². The van der Waals surface area contributed by atoms with Crippen LogP contribution < -0.4 is 10.6 Å². The smallest absolute Gasteiger partial charge is 0.273 e. The Bertz CT molecular complexity index is 528. The molecule has 2 saturated heterocycles. The Morgan fingerprint density at radius 2 is 2.25 bits per heavy atom. The minimum absolute atomic E-state index is 0.131. The molecule has 3 heterocycles. The Balaban J connectivity index is 1.49. The normalized spacial score (nSPS) is 22.8. The van der Waals surface area contributed by atoms with Crippen LogP contribution in [0.4, 0.5) is 0 Å². The van der Waals surface area contributed by atoms with Gasteiger partial charge in [-0.1, -0.05) is 5.21 Å². The van der Waals surface area contributed by atoms with Gasteiger partial charge in [0.2, 0.25) is 0 Å². The van der Waals surface area contributed by atoms with Crippen molar-refractivity contribution in [3.63, 3.8) is 0 Å². The van der Waals surface area contributed by atoms with Crippen molar-refractivity contribution in [3.8, 4) is 0 Å². The Morgan fingerprint density at radius 3 is 3.04 bits per heavy atom. The van der Waals surface area contributed by atoms with Gasteiger partial charge in [-0.2, -0.15) is 0 Å². The molecule has 0 aliphatic carbocycles. The van der Waals surface area contributed by atoms with Crippen LogP contribution in [-0.4, -0.2) is 78.3 Å². The van der Waals surface area contributed by atoms with Gasteiger partial charge in [0, 0.05) is 26.2 Å². The molecule has 2 fully saturated rings. The minimum Gasteiger partial charge on any atom is -0.383 e. The third-order valence-electron chi connectivity index (χ3n) is 5.01. The van der Waals surface area contributed by atoms with E-state index in [1.807, 2.05) is 4.68 Å². The van der Waals surface area contributed by atoms with Gasteiger partial charge in [0.15, 0.2) is 5.69 Å². The molecule has 0 bridgehead atoms. The monoisotopic (exact) mass is 336 g/mol. The third kappa shape index (κ3) is 4.31. The Hall–Kier alpha value is -1.51. The molecular weight excluding hydrogens is 308 g/mol. The zero-order valence-corrected chi connectivity index (χ0v) is 14.4. The maximum atomic E-state index is 12.3. The lowest BCUT2D eigenvalue weighted by atomic mass is 10.1. The van der Waals surface area contributed by atoms with Crippen molar-refractivity contribution in [1.82, 2.24) is 30.5 Å². The summed E-state index contributed by atoms with van der Waals surface area (Å²) in [5, 5.41) is 14.5. The van der Waals surface area contributed by atoms with E-state index in [1.165, 1.54) is 6.42 Å². The van der Waals surface area contributed by atoms with E-state index in [2.05, 4.69) is 25.8 Å². The summed E-state index contributed by atoms with van der Waals surface area (Å²) in [6.45, 7) is 5.37. The highest BCUT2D eigenvalue weighted by atomic mass is 16.5. The predicted octanol–water partition coefficient (Wildman–Crippen LogP) is 0.0432. The van der Waals surface area contributed by atoms with Crippen LogP contribution in [0.2, 0.25) is 0 Å². The number of hydrogen-bond acceptors (Lipinski definition) is 6. The van der Waals surface area contributed by atoms with Crippen LogP contribution in [0.25, 0.3) is 0 Å². The number of nitrogens with zero attached hydrogens (tertiary/aromatic N) is 4. The highest BCUT2D eigenvalue weighted by Crippen LogP contribution is 2.18. The fraction of sp³-hybridized carbons (Fsp3) is 0.812. The zero-order valence-electron chi connectivity index (χ0n) is 14.4. The second-order valence-corrected chi connectivity index (χ2v) is 6.60. The highest BCUT2D eigenvalue weighted by Gasteiger charge is 2.25. The fourth-order valence-electron chi connectivity index (χ4n) is 3.56. The summed E-state index contributed by atoms with van der Waals surface area (Å²) < 4.78 is 7.00. The molecule has 3 rings (SSSR count). The second-order valence-electron chi connectivity index (χ2n) is 6.60. The molecule has 1 atom stereocenters. The maximum absolute atomic E-state index is 12.3. The number of hydrogen-bond donors (Lipinski definition) is 2. The predicted molar refractivity (Wildman–Crippen MR) is 90.0 cm³/mol. The molecule has 2 N–H and O–H groups in total. The number of nitrogens with one attached hydrogen (secondary N) is 2. The van der Waals surface area contributed by atoms with Gasteiger partial charge in [-0.3, -0.25) is 9.69 Å². The molecule has 8 heteroatoms. The van der Waals surface area contributed by atoms with Crippen LogP contribution in [0.15, 0.2) is 6.20 Å². The number of methoxy groups -OCH3 is 1. The lowest BCUT2D eigenvalue weighted by Gasteiger charge is -2.24.